The van der Waals surface area contributed by atoms with Crippen molar-refractivity contribution in [2.45, 2.75) is 38.5 Å². The smallest absolute Gasteiger partial charge is 0.310 e. The van der Waals surface area contributed by atoms with Crippen molar-refractivity contribution in [3.8, 4) is 0 Å². The highest BCUT2D eigenvalue weighted by Gasteiger charge is 2.42. The molecule has 0 spiro atoms. The number of carboxylic acid groups (broad SMARTS) is 1. The summed E-state index contributed by atoms with van der Waals surface area (Å²) in [6.07, 6.45) is 3.79. The van der Waals surface area contributed by atoms with E-state index in [0.717, 1.165) is 18.4 Å². The molecule has 114 valence electrons. The van der Waals surface area contributed by atoms with Gasteiger partial charge >= 0.3 is 5.97 Å². The Bertz CT molecular complexity index is 507. The van der Waals surface area contributed by atoms with Crippen LogP contribution in [0.5, 0.6) is 0 Å². The van der Waals surface area contributed by atoms with E-state index in [2.05, 4.69) is 5.32 Å². The molecule has 5 heteroatoms. The van der Waals surface area contributed by atoms with Crippen molar-refractivity contribution < 1.29 is 14.7 Å². The first-order valence-corrected chi connectivity index (χ1v) is 7.64. The number of carbonyl (C=O) groups is 2. The summed E-state index contributed by atoms with van der Waals surface area (Å²) in [7, 11) is 0. The molecule has 0 radical (unpaired) electrons. The highest BCUT2D eigenvalue weighted by Crippen LogP contribution is 2.41. The molecule has 1 saturated carbocycles. The van der Waals surface area contributed by atoms with E-state index in [-0.39, 0.29) is 12.3 Å². The number of rotatable bonds is 6. The van der Waals surface area contributed by atoms with E-state index in [0.29, 0.717) is 30.8 Å². The van der Waals surface area contributed by atoms with Crippen molar-refractivity contribution in [1.82, 2.24) is 5.32 Å². The van der Waals surface area contributed by atoms with E-state index < -0.39 is 11.4 Å². The van der Waals surface area contributed by atoms with Crippen LogP contribution >= 0.6 is 11.6 Å². The molecule has 0 unspecified atom stereocenters. The largest absolute Gasteiger partial charge is 0.481 e. The predicted octanol–water partition coefficient (Wildman–Crippen LogP) is 3.03. The lowest BCUT2D eigenvalue weighted by Gasteiger charge is -2.22. The van der Waals surface area contributed by atoms with Crippen LogP contribution in [-0.4, -0.2) is 23.5 Å². The number of carbonyl (C=O) groups excluding carboxylic acids is 1. The molecule has 1 aliphatic carbocycles. The Balaban J connectivity index is 1.79. The molecule has 1 fully saturated rings. The zero-order valence-corrected chi connectivity index (χ0v) is 12.7. The third-order valence-corrected chi connectivity index (χ3v) is 4.41. The molecule has 0 aromatic heterocycles. The molecule has 2 N–H and O–H groups in total. The van der Waals surface area contributed by atoms with Crippen LogP contribution in [0.1, 0.15) is 37.7 Å². The summed E-state index contributed by atoms with van der Waals surface area (Å²) in [5, 5.41) is 12.9. The highest BCUT2D eigenvalue weighted by atomic mass is 35.5. The van der Waals surface area contributed by atoms with Crippen molar-refractivity contribution in [3.63, 3.8) is 0 Å². The standard InChI is InChI=1S/C16H20ClNO3/c17-13-5-3-12(4-6-13)7-10-18-14(19)11-16(15(20)21)8-1-2-9-16/h3-6H,1-2,7-11H2,(H,18,19)(H,20,21). The van der Waals surface area contributed by atoms with Gasteiger partial charge in [0.2, 0.25) is 5.91 Å². The Labute approximate surface area is 129 Å². The highest BCUT2D eigenvalue weighted by molar-refractivity contribution is 6.30. The number of hydrogen-bond donors (Lipinski definition) is 2. The molecule has 0 aliphatic heterocycles. The normalized spacial score (nSPS) is 16.6. The second-order valence-electron chi connectivity index (χ2n) is 5.70. The number of halogens is 1. The number of benzene rings is 1. The molecular formula is C16H20ClNO3. The number of amides is 1. The van der Waals surface area contributed by atoms with Gasteiger partial charge in [-0.2, -0.15) is 0 Å². The summed E-state index contributed by atoms with van der Waals surface area (Å²) in [6.45, 7) is 0.510. The average molecular weight is 310 g/mol. The predicted molar refractivity (Wildman–Crippen MR) is 81.3 cm³/mol. The third kappa shape index (κ3) is 4.21. The zero-order chi connectivity index (χ0) is 15.3. The Kier molecular flexibility index (Phi) is 5.23. The quantitative estimate of drug-likeness (QED) is 0.849. The maximum atomic E-state index is 12.0. The van der Waals surface area contributed by atoms with Crippen molar-refractivity contribution >= 4 is 23.5 Å². The van der Waals surface area contributed by atoms with E-state index in [9.17, 15) is 14.7 Å². The summed E-state index contributed by atoms with van der Waals surface area (Å²) in [5.41, 5.74) is 0.248. The Morgan fingerprint density at radius 3 is 2.38 bits per heavy atom. The minimum absolute atomic E-state index is 0.0863. The molecule has 1 amide bonds. The van der Waals surface area contributed by atoms with Crippen molar-refractivity contribution in [2.24, 2.45) is 5.41 Å². The first kappa shape index (κ1) is 15.8. The number of aliphatic carboxylic acids is 1. The molecule has 0 bridgehead atoms. The topological polar surface area (TPSA) is 66.4 Å². The first-order chi connectivity index (χ1) is 10.0. The molecule has 0 atom stereocenters. The van der Waals surface area contributed by atoms with E-state index in [4.69, 9.17) is 11.6 Å². The Morgan fingerprint density at radius 2 is 1.81 bits per heavy atom. The first-order valence-electron chi connectivity index (χ1n) is 7.26. The maximum absolute atomic E-state index is 12.0. The van der Waals surface area contributed by atoms with Gasteiger partial charge in [-0.1, -0.05) is 36.6 Å². The van der Waals surface area contributed by atoms with Crippen LogP contribution in [0.2, 0.25) is 5.02 Å². The summed E-state index contributed by atoms with van der Waals surface area (Å²) >= 11 is 5.81. The molecular weight excluding hydrogens is 290 g/mol. The van der Waals surface area contributed by atoms with E-state index >= 15 is 0 Å². The van der Waals surface area contributed by atoms with E-state index in [1.165, 1.54) is 0 Å². The third-order valence-electron chi connectivity index (χ3n) is 4.16. The van der Waals surface area contributed by atoms with Gasteiger partial charge in [-0.3, -0.25) is 9.59 Å². The summed E-state index contributed by atoms with van der Waals surface area (Å²) in [6, 6.07) is 7.47. The molecule has 0 heterocycles. The van der Waals surface area contributed by atoms with Crippen LogP contribution in [0.25, 0.3) is 0 Å². The second kappa shape index (κ2) is 6.94. The van der Waals surface area contributed by atoms with E-state index in [1.54, 1.807) is 0 Å². The minimum Gasteiger partial charge on any atom is -0.481 e. The van der Waals surface area contributed by atoms with Gasteiger partial charge in [-0.05, 0) is 37.0 Å². The summed E-state index contributed by atoms with van der Waals surface area (Å²) in [5.74, 6) is -1.01. The van der Waals surface area contributed by atoms with Gasteiger partial charge in [0.1, 0.15) is 0 Å². The van der Waals surface area contributed by atoms with Crippen molar-refractivity contribution in [1.29, 1.82) is 0 Å². The van der Waals surface area contributed by atoms with Gasteiger partial charge in [-0.15, -0.1) is 0 Å². The summed E-state index contributed by atoms with van der Waals surface area (Å²) < 4.78 is 0. The fraction of sp³-hybridized carbons (Fsp3) is 0.500. The molecule has 1 aromatic carbocycles. The van der Waals surface area contributed by atoms with Crippen LogP contribution < -0.4 is 5.32 Å². The van der Waals surface area contributed by atoms with Crippen LogP contribution in [0.3, 0.4) is 0 Å². The van der Waals surface area contributed by atoms with Crippen LogP contribution in [0.15, 0.2) is 24.3 Å². The lowest BCUT2D eigenvalue weighted by Crippen LogP contribution is -2.36. The van der Waals surface area contributed by atoms with Gasteiger partial charge in [-0.25, -0.2) is 0 Å². The fourth-order valence-corrected chi connectivity index (χ4v) is 3.01. The fourth-order valence-electron chi connectivity index (χ4n) is 2.89. The Hall–Kier alpha value is -1.55. The van der Waals surface area contributed by atoms with Crippen LogP contribution in [0, 0.1) is 5.41 Å². The van der Waals surface area contributed by atoms with Gasteiger partial charge in [0, 0.05) is 18.0 Å². The number of hydrogen-bond acceptors (Lipinski definition) is 2. The zero-order valence-electron chi connectivity index (χ0n) is 11.9. The summed E-state index contributed by atoms with van der Waals surface area (Å²) in [4.78, 5) is 23.4. The minimum atomic E-state index is -0.843. The average Bonchev–Trinajstić information content (AvgIpc) is 2.91. The van der Waals surface area contributed by atoms with Crippen LogP contribution in [0.4, 0.5) is 0 Å². The molecule has 1 aliphatic rings. The van der Waals surface area contributed by atoms with Crippen LogP contribution in [-0.2, 0) is 16.0 Å². The maximum Gasteiger partial charge on any atom is 0.310 e. The molecule has 2 rings (SSSR count). The SMILES string of the molecule is O=C(CC1(C(=O)O)CCCC1)NCCc1ccc(Cl)cc1. The van der Waals surface area contributed by atoms with E-state index in [1.807, 2.05) is 24.3 Å². The van der Waals surface area contributed by atoms with Gasteiger partial charge in [0.25, 0.3) is 0 Å². The van der Waals surface area contributed by atoms with Crippen molar-refractivity contribution in [3.05, 3.63) is 34.9 Å². The molecule has 1 aromatic rings. The molecule has 21 heavy (non-hydrogen) atoms. The lowest BCUT2D eigenvalue weighted by molar-refractivity contribution is -0.151. The molecule has 4 nitrogen and oxygen atoms in total. The van der Waals surface area contributed by atoms with Gasteiger partial charge in [0.15, 0.2) is 0 Å². The van der Waals surface area contributed by atoms with Gasteiger partial charge < -0.3 is 10.4 Å². The Morgan fingerprint density at radius 1 is 1.19 bits per heavy atom. The van der Waals surface area contributed by atoms with Gasteiger partial charge in [0.05, 0.1) is 5.41 Å². The molecule has 0 saturated heterocycles. The number of nitrogens with one attached hydrogen (secondary N) is 1. The second-order valence-corrected chi connectivity index (χ2v) is 6.13. The lowest BCUT2D eigenvalue weighted by atomic mass is 9.82. The monoisotopic (exact) mass is 309 g/mol. The van der Waals surface area contributed by atoms with Crippen molar-refractivity contribution in [2.75, 3.05) is 6.54 Å². The number of carboxylic acids is 1.